The molecule has 0 amide bonds. The molecule has 3 aromatic carbocycles. The Bertz CT molecular complexity index is 1290. The quantitative estimate of drug-likeness (QED) is 0.589. The number of fused-ring (bicyclic) bond motifs is 2. The normalized spacial score (nSPS) is 18.4. The van der Waals surface area contributed by atoms with Gasteiger partial charge in [0.15, 0.2) is 0 Å². The zero-order valence-electron chi connectivity index (χ0n) is 18.3. The molecular weight excluding hydrogens is 438 g/mol. The van der Waals surface area contributed by atoms with Crippen LogP contribution in [-0.2, 0) is 16.6 Å². The molecule has 1 atom stereocenters. The molecule has 33 heavy (non-hydrogen) atoms. The van der Waals surface area contributed by atoms with E-state index in [-0.39, 0.29) is 10.9 Å². The zero-order chi connectivity index (χ0) is 22.8. The summed E-state index contributed by atoms with van der Waals surface area (Å²) in [6.07, 6.45) is 0.767. The predicted molar refractivity (Wildman–Crippen MR) is 127 cm³/mol. The lowest BCUT2D eigenvalue weighted by atomic mass is 9.97. The van der Waals surface area contributed by atoms with Gasteiger partial charge in [0.05, 0.1) is 25.9 Å². The van der Waals surface area contributed by atoms with E-state index < -0.39 is 10.0 Å². The van der Waals surface area contributed by atoms with Gasteiger partial charge in [-0.05, 0) is 35.9 Å². The van der Waals surface area contributed by atoms with Crippen LogP contribution >= 0.6 is 0 Å². The molecular formula is C25H25N3O4S. The van der Waals surface area contributed by atoms with Crippen LogP contribution in [0.2, 0.25) is 0 Å². The topological polar surface area (TPSA) is 80.2 Å². The third-order valence-electron chi connectivity index (χ3n) is 5.92. The summed E-state index contributed by atoms with van der Waals surface area (Å²) in [5, 5.41) is 3.23. The van der Waals surface area contributed by atoms with E-state index in [2.05, 4.69) is 26.7 Å². The fraction of sp³-hybridized carbons (Fsp3) is 0.240. The minimum atomic E-state index is -3.76. The number of rotatable bonds is 6. The predicted octanol–water partition coefficient (Wildman–Crippen LogP) is 4.23. The van der Waals surface area contributed by atoms with E-state index in [0.29, 0.717) is 31.2 Å². The highest BCUT2D eigenvalue weighted by atomic mass is 32.2. The van der Waals surface area contributed by atoms with E-state index in [1.165, 1.54) is 0 Å². The maximum atomic E-state index is 12.8. The van der Waals surface area contributed by atoms with Crippen LogP contribution in [0.3, 0.4) is 0 Å². The van der Waals surface area contributed by atoms with Crippen molar-refractivity contribution in [1.82, 2.24) is 4.90 Å². The molecule has 0 radical (unpaired) electrons. The highest BCUT2D eigenvalue weighted by Gasteiger charge is 2.31. The van der Waals surface area contributed by atoms with Crippen molar-refractivity contribution in [3.8, 4) is 11.5 Å². The van der Waals surface area contributed by atoms with E-state index in [1.807, 2.05) is 42.5 Å². The molecule has 170 valence electrons. The number of ether oxygens (including phenoxy) is 2. The lowest BCUT2D eigenvalue weighted by molar-refractivity contribution is 0.149. The van der Waals surface area contributed by atoms with Crippen molar-refractivity contribution in [3.63, 3.8) is 0 Å². The van der Waals surface area contributed by atoms with Crippen LogP contribution in [0.25, 0.3) is 0 Å². The fourth-order valence-corrected chi connectivity index (χ4v) is 5.52. The van der Waals surface area contributed by atoms with Gasteiger partial charge in [0, 0.05) is 24.6 Å². The third-order valence-corrected chi connectivity index (χ3v) is 7.29. The first-order valence-electron chi connectivity index (χ1n) is 10.8. The summed E-state index contributed by atoms with van der Waals surface area (Å²) in [5.74, 6) is 1.98. The number of benzene rings is 3. The molecule has 1 N–H and O–H groups in total. The van der Waals surface area contributed by atoms with Gasteiger partial charge in [0.1, 0.15) is 22.2 Å². The average molecular weight is 464 g/mol. The summed E-state index contributed by atoms with van der Waals surface area (Å²) >= 11 is 0. The van der Waals surface area contributed by atoms with Gasteiger partial charge >= 0.3 is 0 Å². The maximum absolute atomic E-state index is 12.8. The zero-order valence-corrected chi connectivity index (χ0v) is 19.1. The Morgan fingerprint density at radius 3 is 2.67 bits per heavy atom. The number of amidine groups is 1. The maximum Gasteiger partial charge on any atom is 0.286 e. The molecule has 0 aliphatic carbocycles. The van der Waals surface area contributed by atoms with E-state index >= 15 is 0 Å². The monoisotopic (exact) mass is 463 g/mol. The van der Waals surface area contributed by atoms with Gasteiger partial charge in [-0.2, -0.15) is 8.42 Å². The number of hydrogen-bond acceptors (Lipinski definition) is 6. The van der Waals surface area contributed by atoms with Gasteiger partial charge in [-0.3, -0.25) is 4.90 Å². The number of anilines is 1. The molecule has 1 unspecified atom stereocenters. The number of nitrogens with one attached hydrogen (secondary N) is 1. The van der Waals surface area contributed by atoms with Crippen LogP contribution in [-0.4, -0.2) is 39.4 Å². The Hall–Kier alpha value is -3.36. The molecule has 2 aliphatic rings. The second-order valence-corrected chi connectivity index (χ2v) is 9.65. The van der Waals surface area contributed by atoms with Crippen molar-refractivity contribution in [2.45, 2.75) is 23.9 Å². The largest absolute Gasteiger partial charge is 0.497 e. The van der Waals surface area contributed by atoms with Crippen molar-refractivity contribution in [2.24, 2.45) is 4.40 Å². The van der Waals surface area contributed by atoms with Crippen LogP contribution in [0.15, 0.2) is 82.1 Å². The molecule has 3 aromatic rings. The lowest BCUT2D eigenvalue weighted by Crippen LogP contribution is -2.39. The van der Waals surface area contributed by atoms with E-state index in [9.17, 15) is 8.42 Å². The van der Waals surface area contributed by atoms with Gasteiger partial charge in [-0.25, -0.2) is 0 Å². The third kappa shape index (κ3) is 4.44. The van der Waals surface area contributed by atoms with Crippen molar-refractivity contribution in [3.05, 3.63) is 83.9 Å². The van der Waals surface area contributed by atoms with E-state index in [0.717, 1.165) is 29.0 Å². The molecule has 0 aromatic heterocycles. The summed E-state index contributed by atoms with van der Waals surface area (Å²) in [4.78, 5) is 2.44. The smallest absolute Gasteiger partial charge is 0.286 e. The molecule has 0 saturated carbocycles. The summed E-state index contributed by atoms with van der Waals surface area (Å²) in [7, 11) is -2.11. The lowest BCUT2D eigenvalue weighted by Gasteiger charge is -2.36. The second kappa shape index (κ2) is 8.88. The highest BCUT2D eigenvalue weighted by Crippen LogP contribution is 2.39. The van der Waals surface area contributed by atoms with Crippen LogP contribution in [0.5, 0.6) is 11.5 Å². The molecule has 0 spiro atoms. The summed E-state index contributed by atoms with van der Waals surface area (Å²) in [5.41, 5.74) is 2.71. The molecule has 0 bridgehead atoms. The molecule has 5 rings (SSSR count). The summed E-state index contributed by atoms with van der Waals surface area (Å²) < 4.78 is 41.1. The minimum absolute atomic E-state index is 0.00781. The van der Waals surface area contributed by atoms with Crippen molar-refractivity contribution in [2.75, 3.05) is 25.6 Å². The number of hydrogen-bond donors (Lipinski definition) is 1. The number of sulfonamides is 1. The summed E-state index contributed by atoms with van der Waals surface area (Å²) in [6.45, 7) is 1.55. The van der Waals surface area contributed by atoms with Crippen LogP contribution < -0.4 is 14.8 Å². The molecule has 7 nitrogen and oxygen atoms in total. The number of para-hydroxylation sites is 1. The van der Waals surface area contributed by atoms with E-state index in [1.54, 1.807) is 25.3 Å². The Morgan fingerprint density at radius 1 is 1.06 bits per heavy atom. The minimum Gasteiger partial charge on any atom is -0.497 e. The Labute approximate surface area is 193 Å². The first kappa shape index (κ1) is 21.5. The Balaban J connectivity index is 1.51. The average Bonchev–Trinajstić information content (AvgIpc) is 2.83. The first-order valence-corrected chi connectivity index (χ1v) is 12.3. The van der Waals surface area contributed by atoms with Crippen molar-refractivity contribution in [1.29, 1.82) is 0 Å². The van der Waals surface area contributed by atoms with Gasteiger partial charge < -0.3 is 14.8 Å². The van der Waals surface area contributed by atoms with Gasteiger partial charge in [0.25, 0.3) is 10.0 Å². The van der Waals surface area contributed by atoms with Gasteiger partial charge in [-0.15, -0.1) is 4.40 Å². The van der Waals surface area contributed by atoms with Crippen LogP contribution in [0, 0.1) is 0 Å². The standard InChI is InChI=1S/C25H25N3O4S/c1-31-19-11-12-23-20(15-19)22(13-14-32-23)28(16-18-7-3-2-4-8-18)17-25-26-21-9-5-6-10-24(21)33(29,30)27-25/h2-12,15,22H,13-14,16-17H2,1H3,(H,26,27). The van der Waals surface area contributed by atoms with E-state index in [4.69, 9.17) is 9.47 Å². The first-order chi connectivity index (χ1) is 16.0. The highest BCUT2D eigenvalue weighted by molar-refractivity contribution is 7.90. The SMILES string of the molecule is COc1ccc2c(c1)C(N(CC1=NS(=O)(=O)c3ccccc3N1)Cc1ccccc1)CCO2. The Morgan fingerprint density at radius 2 is 1.85 bits per heavy atom. The molecule has 2 aliphatic heterocycles. The molecule has 0 fully saturated rings. The number of methoxy groups -OCH3 is 1. The fourth-order valence-electron chi connectivity index (χ4n) is 4.38. The van der Waals surface area contributed by atoms with Crippen molar-refractivity contribution >= 4 is 21.5 Å². The van der Waals surface area contributed by atoms with Gasteiger partial charge in [-0.1, -0.05) is 42.5 Å². The van der Waals surface area contributed by atoms with Gasteiger partial charge in [0.2, 0.25) is 0 Å². The summed E-state index contributed by atoms with van der Waals surface area (Å²) in [6, 6.07) is 22.8. The molecule has 2 heterocycles. The van der Waals surface area contributed by atoms with Crippen LogP contribution in [0.4, 0.5) is 5.69 Å². The van der Waals surface area contributed by atoms with Crippen LogP contribution in [0.1, 0.15) is 23.6 Å². The molecule has 8 heteroatoms. The van der Waals surface area contributed by atoms with Crippen molar-refractivity contribution < 1.29 is 17.9 Å². The Kier molecular flexibility index (Phi) is 5.78. The number of nitrogens with zero attached hydrogens (tertiary/aromatic N) is 2. The molecule has 0 saturated heterocycles. The second-order valence-electron chi connectivity index (χ2n) is 8.08.